The molecule has 3 nitrogen and oxygen atoms in total. The van der Waals surface area contributed by atoms with Gasteiger partial charge in [0.2, 0.25) is 0 Å². The van der Waals surface area contributed by atoms with Gasteiger partial charge in [-0.25, -0.2) is 0 Å². The molecule has 88 valence electrons. The Morgan fingerprint density at radius 2 is 2.19 bits per heavy atom. The highest BCUT2D eigenvalue weighted by molar-refractivity contribution is 5.32. The fourth-order valence-electron chi connectivity index (χ4n) is 2.00. The summed E-state index contributed by atoms with van der Waals surface area (Å²) in [4.78, 5) is 0. The van der Waals surface area contributed by atoms with E-state index in [4.69, 9.17) is 15.2 Å². The Morgan fingerprint density at radius 3 is 2.88 bits per heavy atom. The fourth-order valence-corrected chi connectivity index (χ4v) is 2.00. The van der Waals surface area contributed by atoms with Crippen LogP contribution in [0, 0.1) is 0 Å². The molecule has 1 aliphatic rings. The maximum absolute atomic E-state index is 5.76. The minimum atomic E-state index is 0.237. The molecule has 0 radical (unpaired) electrons. The van der Waals surface area contributed by atoms with E-state index in [1.54, 1.807) is 0 Å². The minimum absolute atomic E-state index is 0.237. The van der Waals surface area contributed by atoms with Crippen LogP contribution in [0.15, 0.2) is 24.3 Å². The molecular formula is C13H19NO2. The zero-order valence-electron chi connectivity index (χ0n) is 9.69. The number of nitrogens with two attached hydrogens (primary N) is 1. The van der Waals surface area contributed by atoms with Gasteiger partial charge in [-0.1, -0.05) is 18.2 Å². The van der Waals surface area contributed by atoms with Crippen LogP contribution in [0.5, 0.6) is 5.75 Å². The molecule has 0 saturated carbocycles. The van der Waals surface area contributed by atoms with E-state index in [1.807, 2.05) is 24.3 Å². The summed E-state index contributed by atoms with van der Waals surface area (Å²) in [5.41, 5.74) is 6.69. The van der Waals surface area contributed by atoms with E-state index in [0.29, 0.717) is 19.3 Å². The van der Waals surface area contributed by atoms with Crippen molar-refractivity contribution in [1.82, 2.24) is 0 Å². The molecule has 2 N–H and O–H groups in total. The van der Waals surface area contributed by atoms with Gasteiger partial charge in [-0.3, -0.25) is 0 Å². The molecule has 1 aliphatic heterocycles. The summed E-state index contributed by atoms with van der Waals surface area (Å²) >= 11 is 0. The van der Waals surface area contributed by atoms with Gasteiger partial charge in [-0.05, 0) is 25.8 Å². The average Bonchev–Trinajstić information content (AvgIpc) is 2.73. The fraction of sp³-hybridized carbons (Fsp3) is 0.538. The lowest BCUT2D eigenvalue weighted by Crippen LogP contribution is -2.18. The number of ether oxygens (including phenoxy) is 2. The summed E-state index contributed by atoms with van der Waals surface area (Å²) < 4.78 is 11.5. The van der Waals surface area contributed by atoms with Gasteiger partial charge in [0.05, 0.1) is 12.2 Å². The molecule has 1 aromatic rings. The highest BCUT2D eigenvalue weighted by atomic mass is 16.5. The summed E-state index contributed by atoms with van der Waals surface area (Å²) in [6, 6.07) is 7.89. The van der Waals surface area contributed by atoms with Crippen LogP contribution < -0.4 is 10.5 Å². The largest absolute Gasteiger partial charge is 0.491 e. The zero-order chi connectivity index (χ0) is 11.4. The molecule has 1 fully saturated rings. The smallest absolute Gasteiger partial charge is 0.123 e. The molecule has 3 heteroatoms. The quantitative estimate of drug-likeness (QED) is 0.846. The molecule has 16 heavy (non-hydrogen) atoms. The van der Waals surface area contributed by atoms with E-state index in [2.05, 4.69) is 6.92 Å². The van der Waals surface area contributed by atoms with Gasteiger partial charge in [0.25, 0.3) is 0 Å². The third kappa shape index (κ3) is 2.74. The molecule has 1 saturated heterocycles. The van der Waals surface area contributed by atoms with Crippen LogP contribution in [0.2, 0.25) is 0 Å². The lowest BCUT2D eigenvalue weighted by Gasteiger charge is -2.14. The number of hydrogen-bond donors (Lipinski definition) is 1. The van der Waals surface area contributed by atoms with Crippen molar-refractivity contribution in [2.24, 2.45) is 5.73 Å². The van der Waals surface area contributed by atoms with Crippen molar-refractivity contribution in [3.63, 3.8) is 0 Å². The van der Waals surface area contributed by atoms with Gasteiger partial charge in [-0.2, -0.15) is 0 Å². The molecule has 1 aromatic carbocycles. The highest BCUT2D eigenvalue weighted by Gasteiger charge is 2.22. The molecule has 0 bridgehead atoms. The van der Waals surface area contributed by atoms with Crippen molar-refractivity contribution in [2.75, 3.05) is 6.61 Å². The Hall–Kier alpha value is -1.06. The predicted octanol–water partition coefficient (Wildman–Crippen LogP) is 2.09. The number of benzene rings is 1. The number of rotatable bonds is 4. The van der Waals surface area contributed by atoms with Crippen LogP contribution in [-0.2, 0) is 11.3 Å². The standard InChI is InChI=1S/C13H19NO2/c1-10-6-7-12(16-10)9-15-13-5-3-2-4-11(13)8-14/h2-5,10,12H,6-9,14H2,1H3. The first kappa shape index (κ1) is 11.4. The zero-order valence-corrected chi connectivity index (χ0v) is 9.69. The molecule has 1 heterocycles. The Morgan fingerprint density at radius 1 is 1.38 bits per heavy atom. The third-order valence-electron chi connectivity index (χ3n) is 2.94. The van der Waals surface area contributed by atoms with Gasteiger partial charge in [0, 0.05) is 12.1 Å². The van der Waals surface area contributed by atoms with Crippen molar-refractivity contribution >= 4 is 0 Å². The van der Waals surface area contributed by atoms with Gasteiger partial charge in [0.15, 0.2) is 0 Å². The Labute approximate surface area is 96.5 Å². The maximum Gasteiger partial charge on any atom is 0.123 e. The van der Waals surface area contributed by atoms with E-state index >= 15 is 0 Å². The van der Waals surface area contributed by atoms with Crippen molar-refractivity contribution in [1.29, 1.82) is 0 Å². The molecular weight excluding hydrogens is 202 g/mol. The Kier molecular flexibility index (Phi) is 3.80. The summed E-state index contributed by atoms with van der Waals surface area (Å²) in [6.07, 6.45) is 2.83. The van der Waals surface area contributed by atoms with Crippen LogP contribution in [0.25, 0.3) is 0 Å². The van der Waals surface area contributed by atoms with Gasteiger partial charge >= 0.3 is 0 Å². The normalized spacial score (nSPS) is 24.6. The van der Waals surface area contributed by atoms with Gasteiger partial charge in [-0.15, -0.1) is 0 Å². The first-order valence-electron chi connectivity index (χ1n) is 5.86. The summed E-state index contributed by atoms with van der Waals surface area (Å²) in [7, 11) is 0. The van der Waals surface area contributed by atoms with E-state index < -0.39 is 0 Å². The second-order valence-corrected chi connectivity index (χ2v) is 4.27. The van der Waals surface area contributed by atoms with Crippen LogP contribution in [0.3, 0.4) is 0 Å². The molecule has 0 amide bonds. The number of para-hydroxylation sites is 1. The first-order chi connectivity index (χ1) is 7.79. The second-order valence-electron chi connectivity index (χ2n) is 4.27. The molecule has 2 rings (SSSR count). The first-order valence-corrected chi connectivity index (χ1v) is 5.86. The van der Waals surface area contributed by atoms with Crippen LogP contribution in [0.4, 0.5) is 0 Å². The van der Waals surface area contributed by atoms with Crippen LogP contribution >= 0.6 is 0 Å². The monoisotopic (exact) mass is 221 g/mol. The topological polar surface area (TPSA) is 44.5 Å². The SMILES string of the molecule is CC1CCC(COc2ccccc2CN)O1. The van der Waals surface area contributed by atoms with E-state index in [-0.39, 0.29) is 6.10 Å². The second kappa shape index (κ2) is 5.32. The predicted molar refractivity (Wildman–Crippen MR) is 63.4 cm³/mol. The maximum atomic E-state index is 5.76. The third-order valence-corrected chi connectivity index (χ3v) is 2.94. The van der Waals surface area contributed by atoms with Crippen LogP contribution in [0.1, 0.15) is 25.3 Å². The van der Waals surface area contributed by atoms with Crippen molar-refractivity contribution < 1.29 is 9.47 Å². The summed E-state index contributed by atoms with van der Waals surface area (Å²) in [6.45, 7) is 3.24. The van der Waals surface area contributed by atoms with Crippen LogP contribution in [-0.4, -0.2) is 18.8 Å². The van der Waals surface area contributed by atoms with E-state index in [9.17, 15) is 0 Å². The molecule has 0 aromatic heterocycles. The Bertz CT molecular complexity index is 340. The lowest BCUT2D eigenvalue weighted by atomic mass is 10.2. The molecule has 2 unspecified atom stereocenters. The highest BCUT2D eigenvalue weighted by Crippen LogP contribution is 2.22. The molecule has 0 aliphatic carbocycles. The average molecular weight is 221 g/mol. The molecule has 2 atom stereocenters. The summed E-state index contributed by atoms with van der Waals surface area (Å²) in [5, 5.41) is 0. The van der Waals surface area contributed by atoms with E-state index in [1.165, 1.54) is 0 Å². The Balaban J connectivity index is 1.89. The van der Waals surface area contributed by atoms with Gasteiger partial charge < -0.3 is 15.2 Å². The van der Waals surface area contributed by atoms with Crippen molar-refractivity contribution in [2.45, 2.75) is 38.5 Å². The van der Waals surface area contributed by atoms with Crippen molar-refractivity contribution in [3.8, 4) is 5.75 Å². The number of hydrogen-bond acceptors (Lipinski definition) is 3. The summed E-state index contributed by atoms with van der Waals surface area (Å²) in [5.74, 6) is 0.883. The van der Waals surface area contributed by atoms with Gasteiger partial charge in [0.1, 0.15) is 12.4 Å². The van der Waals surface area contributed by atoms with Crippen molar-refractivity contribution in [3.05, 3.63) is 29.8 Å². The molecule has 0 spiro atoms. The van der Waals surface area contributed by atoms with E-state index in [0.717, 1.165) is 24.2 Å². The lowest BCUT2D eigenvalue weighted by molar-refractivity contribution is 0.0262. The minimum Gasteiger partial charge on any atom is -0.491 e.